The predicted molar refractivity (Wildman–Crippen MR) is 132 cm³/mol. The molecule has 1 aromatic carbocycles. The van der Waals surface area contributed by atoms with E-state index in [1.54, 1.807) is 0 Å². The van der Waals surface area contributed by atoms with E-state index in [-0.39, 0.29) is 18.7 Å². The van der Waals surface area contributed by atoms with Gasteiger partial charge in [-0.15, -0.1) is 0 Å². The van der Waals surface area contributed by atoms with E-state index in [0.717, 1.165) is 62.3 Å². The maximum Gasteiger partial charge on any atom is 0.117 e. The smallest absolute Gasteiger partial charge is 0.117 e. The molecule has 2 aliphatic heterocycles. The lowest BCUT2D eigenvalue weighted by Crippen LogP contribution is -2.38. The lowest BCUT2D eigenvalue weighted by molar-refractivity contribution is 0.259. The van der Waals surface area contributed by atoms with Crippen LogP contribution in [-0.2, 0) is 12.8 Å². The second kappa shape index (κ2) is 10.5. The number of rotatable bonds is 10. The van der Waals surface area contributed by atoms with Crippen LogP contribution in [0.15, 0.2) is 44.9 Å². The molecule has 0 fully saturated rings. The third kappa shape index (κ3) is 4.97. The quantitative estimate of drug-likeness (QED) is 0.533. The SMILES string of the molecule is CCC(CCNCCc1cccc(N2C=NC(C)C2CO)c1)c1occ2c1CCC(C)=N2. The summed E-state index contributed by atoms with van der Waals surface area (Å²) in [7, 11) is 0. The number of aliphatic imine (C=N–C) groups is 2. The fraction of sp³-hybridized carbons (Fsp3) is 0.538. The van der Waals surface area contributed by atoms with E-state index < -0.39 is 0 Å². The minimum absolute atomic E-state index is 0.0244. The van der Waals surface area contributed by atoms with Crippen molar-refractivity contribution in [2.45, 2.75) is 70.9 Å². The number of hydrogen-bond donors (Lipinski definition) is 2. The third-order valence-electron chi connectivity index (χ3n) is 6.81. The molecule has 0 saturated heterocycles. The molecule has 3 unspecified atom stereocenters. The highest BCUT2D eigenvalue weighted by molar-refractivity contribution is 5.87. The van der Waals surface area contributed by atoms with Crippen molar-refractivity contribution in [3.05, 3.63) is 47.4 Å². The predicted octanol–water partition coefficient (Wildman–Crippen LogP) is 4.63. The molecule has 3 heterocycles. The zero-order valence-corrected chi connectivity index (χ0v) is 19.6. The number of anilines is 1. The van der Waals surface area contributed by atoms with Gasteiger partial charge in [0.05, 0.1) is 25.0 Å². The molecular weight excluding hydrogens is 400 g/mol. The van der Waals surface area contributed by atoms with Crippen LogP contribution in [0.25, 0.3) is 0 Å². The van der Waals surface area contributed by atoms with Crippen LogP contribution >= 0.6 is 0 Å². The Bertz CT molecular complexity index is 964. The zero-order valence-electron chi connectivity index (χ0n) is 19.6. The molecule has 0 saturated carbocycles. The Hall–Kier alpha value is -2.44. The van der Waals surface area contributed by atoms with Crippen LogP contribution in [0.1, 0.15) is 62.8 Å². The third-order valence-corrected chi connectivity index (χ3v) is 6.81. The molecule has 1 aromatic heterocycles. The van der Waals surface area contributed by atoms with Crippen LogP contribution in [0, 0.1) is 0 Å². The molecule has 0 aliphatic carbocycles. The Morgan fingerprint density at radius 3 is 2.97 bits per heavy atom. The molecule has 2 N–H and O–H groups in total. The van der Waals surface area contributed by atoms with E-state index in [1.807, 2.05) is 19.5 Å². The molecule has 0 spiro atoms. The summed E-state index contributed by atoms with van der Waals surface area (Å²) in [5, 5.41) is 13.3. The van der Waals surface area contributed by atoms with Gasteiger partial charge in [0, 0.05) is 22.9 Å². The number of aliphatic hydroxyl groups is 1. The van der Waals surface area contributed by atoms with Gasteiger partial charge in [0.25, 0.3) is 0 Å². The van der Waals surface area contributed by atoms with Crippen molar-refractivity contribution in [3.8, 4) is 0 Å². The van der Waals surface area contributed by atoms with Gasteiger partial charge < -0.3 is 19.7 Å². The lowest BCUT2D eigenvalue weighted by atomic mass is 9.92. The molecule has 172 valence electrons. The van der Waals surface area contributed by atoms with Gasteiger partial charge in [0.2, 0.25) is 0 Å². The summed E-state index contributed by atoms with van der Waals surface area (Å²) in [6, 6.07) is 8.70. The second-order valence-corrected chi connectivity index (χ2v) is 9.04. The van der Waals surface area contributed by atoms with Crippen molar-refractivity contribution < 1.29 is 9.52 Å². The molecule has 0 amide bonds. The van der Waals surface area contributed by atoms with Crippen LogP contribution in [0.5, 0.6) is 0 Å². The lowest BCUT2D eigenvalue weighted by Gasteiger charge is -2.25. The highest BCUT2D eigenvalue weighted by Crippen LogP contribution is 2.37. The molecule has 3 atom stereocenters. The number of nitrogens with one attached hydrogen (secondary N) is 1. The van der Waals surface area contributed by atoms with E-state index >= 15 is 0 Å². The molecule has 2 aliphatic rings. The van der Waals surface area contributed by atoms with Crippen molar-refractivity contribution in [2.24, 2.45) is 9.98 Å². The monoisotopic (exact) mass is 436 g/mol. The van der Waals surface area contributed by atoms with Crippen LogP contribution in [0.2, 0.25) is 0 Å². The van der Waals surface area contributed by atoms with Crippen molar-refractivity contribution >= 4 is 23.4 Å². The largest absolute Gasteiger partial charge is 0.466 e. The molecule has 4 rings (SSSR count). The maximum absolute atomic E-state index is 9.70. The van der Waals surface area contributed by atoms with Crippen molar-refractivity contribution in [1.29, 1.82) is 0 Å². The molecule has 6 nitrogen and oxygen atoms in total. The molecule has 0 radical (unpaired) electrons. The average molecular weight is 437 g/mol. The van der Waals surface area contributed by atoms with E-state index in [2.05, 4.69) is 58.3 Å². The van der Waals surface area contributed by atoms with Gasteiger partial charge in [-0.25, -0.2) is 0 Å². The molecule has 0 bridgehead atoms. The first kappa shape index (κ1) is 22.7. The van der Waals surface area contributed by atoms with Crippen molar-refractivity contribution in [1.82, 2.24) is 5.32 Å². The Morgan fingerprint density at radius 2 is 2.16 bits per heavy atom. The van der Waals surface area contributed by atoms with Gasteiger partial charge in [0.1, 0.15) is 17.7 Å². The summed E-state index contributed by atoms with van der Waals surface area (Å²) in [5.74, 6) is 1.59. The van der Waals surface area contributed by atoms with Gasteiger partial charge in [0.15, 0.2) is 0 Å². The second-order valence-electron chi connectivity index (χ2n) is 9.04. The van der Waals surface area contributed by atoms with Crippen LogP contribution in [0.4, 0.5) is 11.4 Å². The number of hydrogen-bond acceptors (Lipinski definition) is 6. The Kier molecular flexibility index (Phi) is 7.43. The fourth-order valence-electron chi connectivity index (χ4n) is 4.76. The highest BCUT2D eigenvalue weighted by Gasteiger charge is 2.27. The number of fused-ring (bicyclic) bond motifs is 1. The summed E-state index contributed by atoms with van der Waals surface area (Å²) in [5.41, 5.74) is 5.94. The fourth-order valence-corrected chi connectivity index (χ4v) is 4.76. The highest BCUT2D eigenvalue weighted by atomic mass is 16.3. The molecule has 32 heavy (non-hydrogen) atoms. The maximum atomic E-state index is 9.70. The number of benzene rings is 1. The summed E-state index contributed by atoms with van der Waals surface area (Å²) < 4.78 is 5.96. The number of aliphatic hydroxyl groups excluding tert-OH is 1. The Labute approximate surface area is 191 Å². The van der Waals surface area contributed by atoms with E-state index in [9.17, 15) is 5.11 Å². The topological polar surface area (TPSA) is 73.4 Å². The Morgan fingerprint density at radius 1 is 1.28 bits per heavy atom. The van der Waals surface area contributed by atoms with Crippen LogP contribution in [0.3, 0.4) is 0 Å². The van der Waals surface area contributed by atoms with Crippen LogP contribution in [-0.4, -0.2) is 48.9 Å². The number of furan rings is 1. The first-order valence-corrected chi connectivity index (χ1v) is 12.0. The molecule has 6 heteroatoms. The van der Waals surface area contributed by atoms with Crippen LogP contribution < -0.4 is 10.2 Å². The van der Waals surface area contributed by atoms with E-state index in [4.69, 9.17) is 4.42 Å². The standard InChI is InChI=1S/C26H36N4O2/c1-4-21(26-23-9-8-18(2)29-24(23)16-32-26)11-13-27-12-10-20-6-5-7-22(14-20)30-17-28-19(3)25(30)15-31/h5-7,14,16-17,19,21,25,27,31H,4,8-13,15H2,1-3H3. The normalized spacial score (nSPS) is 21.0. The first-order valence-electron chi connectivity index (χ1n) is 12.0. The minimum atomic E-state index is 0.0244. The zero-order chi connectivity index (χ0) is 22.5. The first-order chi connectivity index (χ1) is 15.6. The summed E-state index contributed by atoms with van der Waals surface area (Å²) in [4.78, 5) is 11.2. The van der Waals surface area contributed by atoms with E-state index in [1.165, 1.54) is 16.8 Å². The summed E-state index contributed by atoms with van der Waals surface area (Å²) >= 11 is 0. The van der Waals surface area contributed by atoms with Gasteiger partial charge in [-0.1, -0.05) is 19.1 Å². The minimum Gasteiger partial charge on any atom is -0.466 e. The number of nitrogens with zero attached hydrogens (tertiary/aromatic N) is 3. The summed E-state index contributed by atoms with van der Waals surface area (Å²) in [6.45, 7) is 8.39. The van der Waals surface area contributed by atoms with E-state index in [0.29, 0.717) is 5.92 Å². The average Bonchev–Trinajstić information content (AvgIpc) is 3.39. The van der Waals surface area contributed by atoms with Crippen molar-refractivity contribution in [3.63, 3.8) is 0 Å². The summed E-state index contributed by atoms with van der Waals surface area (Å²) in [6.07, 6.45) is 8.90. The molecule has 2 aromatic rings. The van der Waals surface area contributed by atoms with Gasteiger partial charge in [-0.3, -0.25) is 9.98 Å². The molecular formula is C26H36N4O2. The Balaban J connectivity index is 1.27. The van der Waals surface area contributed by atoms with Gasteiger partial charge in [-0.05, 0) is 76.7 Å². The van der Waals surface area contributed by atoms with Crippen molar-refractivity contribution in [2.75, 3.05) is 24.6 Å². The van der Waals surface area contributed by atoms with Gasteiger partial charge in [-0.2, -0.15) is 0 Å². The van der Waals surface area contributed by atoms with Gasteiger partial charge >= 0.3 is 0 Å².